The fraction of sp³-hybridized carbons (Fsp3) is 0.500. The molecular formula is C12H17NO2. The molecule has 3 heteroatoms. The molecule has 1 aromatic rings. The zero-order chi connectivity index (χ0) is 10.3. The van der Waals surface area contributed by atoms with Crippen molar-refractivity contribution in [1.82, 2.24) is 5.32 Å². The summed E-state index contributed by atoms with van der Waals surface area (Å²) in [5, 5.41) is 3.40. The van der Waals surface area contributed by atoms with Gasteiger partial charge in [0.15, 0.2) is 0 Å². The van der Waals surface area contributed by atoms with Crippen molar-refractivity contribution >= 4 is 0 Å². The van der Waals surface area contributed by atoms with Crippen molar-refractivity contribution in [3.05, 3.63) is 30.3 Å². The summed E-state index contributed by atoms with van der Waals surface area (Å²) in [6, 6.07) is 10.4. The Balaban J connectivity index is 1.66. The molecule has 0 aliphatic carbocycles. The molecule has 0 spiro atoms. The highest BCUT2D eigenvalue weighted by molar-refractivity contribution is 5.20. The molecule has 15 heavy (non-hydrogen) atoms. The fourth-order valence-corrected chi connectivity index (χ4v) is 1.64. The normalized spacial score (nSPS) is 21.2. The second-order valence-electron chi connectivity index (χ2n) is 3.68. The van der Waals surface area contributed by atoms with Gasteiger partial charge in [-0.25, -0.2) is 0 Å². The first-order valence-corrected chi connectivity index (χ1v) is 5.44. The van der Waals surface area contributed by atoms with Crippen molar-refractivity contribution in [3.63, 3.8) is 0 Å². The summed E-state index contributed by atoms with van der Waals surface area (Å²) in [5.41, 5.74) is 0. The van der Waals surface area contributed by atoms with Crippen molar-refractivity contribution < 1.29 is 9.47 Å². The van der Waals surface area contributed by atoms with Gasteiger partial charge in [-0.1, -0.05) is 18.2 Å². The lowest BCUT2D eigenvalue weighted by Crippen LogP contribution is -2.41. The highest BCUT2D eigenvalue weighted by atomic mass is 16.5. The van der Waals surface area contributed by atoms with Crippen LogP contribution >= 0.6 is 0 Å². The number of hydrogen-bond donors (Lipinski definition) is 1. The van der Waals surface area contributed by atoms with Gasteiger partial charge < -0.3 is 14.8 Å². The van der Waals surface area contributed by atoms with Gasteiger partial charge in [0.1, 0.15) is 5.75 Å². The average molecular weight is 207 g/mol. The molecule has 0 amide bonds. The first-order chi connectivity index (χ1) is 7.45. The lowest BCUT2D eigenvalue weighted by Gasteiger charge is -2.23. The number of benzene rings is 1. The lowest BCUT2D eigenvalue weighted by molar-refractivity contribution is 0.0691. The van der Waals surface area contributed by atoms with Crippen LogP contribution in [0.3, 0.4) is 0 Å². The van der Waals surface area contributed by atoms with E-state index >= 15 is 0 Å². The van der Waals surface area contributed by atoms with E-state index in [1.165, 1.54) is 0 Å². The summed E-state index contributed by atoms with van der Waals surface area (Å²) in [6.45, 7) is 3.33. The van der Waals surface area contributed by atoms with Gasteiger partial charge in [0.05, 0.1) is 19.8 Å². The predicted octanol–water partition coefficient (Wildman–Crippen LogP) is 1.44. The third-order valence-corrected chi connectivity index (χ3v) is 2.48. The van der Waals surface area contributed by atoms with Crippen molar-refractivity contribution in [3.8, 4) is 5.75 Å². The SMILES string of the molecule is c1ccc(OCC[C@H]2COCCN2)cc1. The Labute approximate surface area is 90.4 Å². The Bertz CT molecular complexity index is 270. The summed E-state index contributed by atoms with van der Waals surface area (Å²) in [4.78, 5) is 0. The Kier molecular flexibility index (Phi) is 4.00. The number of para-hydroxylation sites is 1. The van der Waals surface area contributed by atoms with E-state index in [0.29, 0.717) is 6.04 Å². The van der Waals surface area contributed by atoms with Gasteiger partial charge in [-0.2, -0.15) is 0 Å². The third-order valence-electron chi connectivity index (χ3n) is 2.48. The first kappa shape index (κ1) is 10.5. The number of nitrogens with one attached hydrogen (secondary N) is 1. The standard InChI is InChI=1S/C12H17NO2/c1-2-4-12(5-3-1)15-8-6-11-10-14-9-7-13-11/h1-5,11,13H,6-10H2/t11-/m0/s1. The third kappa shape index (κ3) is 3.53. The fourth-order valence-electron chi connectivity index (χ4n) is 1.64. The molecule has 1 N–H and O–H groups in total. The Morgan fingerprint density at radius 3 is 2.93 bits per heavy atom. The highest BCUT2D eigenvalue weighted by Crippen LogP contribution is 2.09. The van der Waals surface area contributed by atoms with Crippen molar-refractivity contribution in [2.45, 2.75) is 12.5 Å². The van der Waals surface area contributed by atoms with Gasteiger partial charge in [-0.05, 0) is 18.6 Å². The van der Waals surface area contributed by atoms with Gasteiger partial charge in [0, 0.05) is 12.6 Å². The Hall–Kier alpha value is -1.06. The average Bonchev–Trinajstić information content (AvgIpc) is 2.32. The van der Waals surface area contributed by atoms with Crippen LogP contribution in [-0.2, 0) is 4.74 Å². The van der Waals surface area contributed by atoms with Crippen LogP contribution in [0.4, 0.5) is 0 Å². The van der Waals surface area contributed by atoms with E-state index < -0.39 is 0 Å². The van der Waals surface area contributed by atoms with Gasteiger partial charge in [0.2, 0.25) is 0 Å². The second-order valence-corrected chi connectivity index (χ2v) is 3.68. The van der Waals surface area contributed by atoms with E-state index in [0.717, 1.165) is 38.5 Å². The largest absolute Gasteiger partial charge is 0.494 e. The monoisotopic (exact) mass is 207 g/mol. The summed E-state index contributed by atoms with van der Waals surface area (Å²) >= 11 is 0. The number of morpholine rings is 1. The molecule has 2 rings (SSSR count). The van der Waals surface area contributed by atoms with Gasteiger partial charge >= 0.3 is 0 Å². The van der Waals surface area contributed by atoms with E-state index in [9.17, 15) is 0 Å². The maximum absolute atomic E-state index is 5.61. The summed E-state index contributed by atoms with van der Waals surface area (Å²) < 4.78 is 11.0. The van der Waals surface area contributed by atoms with Crippen LogP contribution < -0.4 is 10.1 Å². The minimum Gasteiger partial charge on any atom is -0.494 e. The van der Waals surface area contributed by atoms with Crippen LogP contribution in [0.2, 0.25) is 0 Å². The van der Waals surface area contributed by atoms with Crippen molar-refractivity contribution in [2.24, 2.45) is 0 Å². The molecule has 0 saturated carbocycles. The molecule has 1 atom stereocenters. The molecule has 0 unspecified atom stereocenters. The molecule has 1 heterocycles. The van der Waals surface area contributed by atoms with Crippen LogP contribution in [0.1, 0.15) is 6.42 Å². The van der Waals surface area contributed by atoms with Crippen molar-refractivity contribution in [1.29, 1.82) is 0 Å². The topological polar surface area (TPSA) is 30.5 Å². The molecule has 0 radical (unpaired) electrons. The zero-order valence-electron chi connectivity index (χ0n) is 8.82. The minimum atomic E-state index is 0.447. The highest BCUT2D eigenvalue weighted by Gasteiger charge is 2.12. The predicted molar refractivity (Wildman–Crippen MR) is 59.2 cm³/mol. The second kappa shape index (κ2) is 5.73. The molecule has 82 valence electrons. The maximum Gasteiger partial charge on any atom is 0.119 e. The molecule has 1 saturated heterocycles. The van der Waals surface area contributed by atoms with Gasteiger partial charge in [0.25, 0.3) is 0 Å². The van der Waals surface area contributed by atoms with E-state index in [2.05, 4.69) is 5.32 Å². The Morgan fingerprint density at radius 2 is 2.20 bits per heavy atom. The zero-order valence-corrected chi connectivity index (χ0v) is 8.82. The van der Waals surface area contributed by atoms with Crippen molar-refractivity contribution in [2.75, 3.05) is 26.4 Å². The van der Waals surface area contributed by atoms with E-state index in [-0.39, 0.29) is 0 Å². The molecule has 1 aliphatic heterocycles. The number of hydrogen-bond acceptors (Lipinski definition) is 3. The van der Waals surface area contributed by atoms with Crippen LogP contribution in [0.25, 0.3) is 0 Å². The summed E-state index contributed by atoms with van der Waals surface area (Å²) in [7, 11) is 0. The van der Waals surface area contributed by atoms with E-state index in [1.54, 1.807) is 0 Å². The van der Waals surface area contributed by atoms with E-state index in [4.69, 9.17) is 9.47 Å². The molecular weight excluding hydrogens is 190 g/mol. The summed E-state index contributed by atoms with van der Waals surface area (Å²) in [6.07, 6.45) is 0.995. The molecule has 1 aliphatic rings. The Morgan fingerprint density at radius 1 is 1.33 bits per heavy atom. The van der Waals surface area contributed by atoms with Gasteiger partial charge in [-0.3, -0.25) is 0 Å². The maximum atomic E-state index is 5.61. The molecule has 1 aromatic carbocycles. The van der Waals surface area contributed by atoms with Gasteiger partial charge in [-0.15, -0.1) is 0 Å². The summed E-state index contributed by atoms with van der Waals surface area (Å²) in [5.74, 6) is 0.939. The lowest BCUT2D eigenvalue weighted by atomic mass is 10.2. The molecule has 1 fully saturated rings. The van der Waals surface area contributed by atoms with Crippen LogP contribution in [0, 0.1) is 0 Å². The molecule has 0 bridgehead atoms. The van der Waals surface area contributed by atoms with E-state index in [1.807, 2.05) is 30.3 Å². The van der Waals surface area contributed by atoms with Crippen LogP contribution in [0.15, 0.2) is 30.3 Å². The molecule has 3 nitrogen and oxygen atoms in total. The van der Waals surface area contributed by atoms with Crippen LogP contribution in [0.5, 0.6) is 5.75 Å². The number of ether oxygens (including phenoxy) is 2. The quantitative estimate of drug-likeness (QED) is 0.810. The molecule has 0 aromatic heterocycles. The first-order valence-electron chi connectivity index (χ1n) is 5.44. The smallest absolute Gasteiger partial charge is 0.119 e. The number of rotatable bonds is 4. The van der Waals surface area contributed by atoms with Crippen LogP contribution in [-0.4, -0.2) is 32.4 Å². The minimum absolute atomic E-state index is 0.447.